The highest BCUT2D eigenvalue weighted by Gasteiger charge is 2.11. The Morgan fingerprint density at radius 1 is 1.60 bits per heavy atom. The smallest absolute Gasteiger partial charge is 0.170 e. The molecule has 0 fully saturated rings. The summed E-state index contributed by atoms with van der Waals surface area (Å²) in [5, 5.41) is 3.02. The maximum atomic E-state index is 10.8. The molecule has 0 radical (unpaired) electrons. The highest BCUT2D eigenvalue weighted by molar-refractivity contribution is 9.10. The molecule has 1 N–H and O–H groups in total. The molecule has 4 nitrogen and oxygen atoms in total. The van der Waals surface area contributed by atoms with Gasteiger partial charge >= 0.3 is 0 Å². The molecule has 5 heteroatoms. The first kappa shape index (κ1) is 10.3. The highest BCUT2D eigenvalue weighted by atomic mass is 79.9. The summed E-state index contributed by atoms with van der Waals surface area (Å²) in [6, 6.07) is 5.68. The number of fused-ring (bicyclic) bond motifs is 1. The molecule has 0 aliphatic heterocycles. The number of pyridine rings is 1. The minimum atomic E-state index is 0.474. The average molecular weight is 268 g/mol. The van der Waals surface area contributed by atoms with Gasteiger partial charge in [-0.1, -0.05) is 6.07 Å². The molecule has 0 saturated heterocycles. The van der Waals surface area contributed by atoms with Crippen molar-refractivity contribution < 1.29 is 4.79 Å². The van der Waals surface area contributed by atoms with Crippen molar-refractivity contribution >= 4 is 27.7 Å². The Morgan fingerprint density at radius 2 is 2.40 bits per heavy atom. The molecule has 0 aliphatic carbocycles. The predicted molar refractivity (Wildman–Crippen MR) is 61.0 cm³/mol. The summed E-state index contributed by atoms with van der Waals surface area (Å²) >= 11 is 3.44. The molecule has 2 aromatic heterocycles. The molecule has 0 unspecified atom stereocenters. The van der Waals surface area contributed by atoms with E-state index in [1.54, 1.807) is 0 Å². The highest BCUT2D eigenvalue weighted by Crippen LogP contribution is 2.18. The minimum absolute atomic E-state index is 0.474. The fourth-order valence-corrected chi connectivity index (χ4v) is 2.10. The van der Waals surface area contributed by atoms with Gasteiger partial charge in [0, 0.05) is 0 Å². The Hall–Kier alpha value is -1.20. The second kappa shape index (κ2) is 4.12. The molecule has 0 spiro atoms. The van der Waals surface area contributed by atoms with E-state index in [1.807, 2.05) is 29.6 Å². The predicted octanol–water partition coefficient (Wildman–Crippen LogP) is 1.63. The van der Waals surface area contributed by atoms with E-state index in [0.29, 0.717) is 12.2 Å². The van der Waals surface area contributed by atoms with Crippen LogP contribution in [-0.2, 0) is 6.54 Å². The van der Waals surface area contributed by atoms with Gasteiger partial charge in [-0.05, 0) is 35.1 Å². The van der Waals surface area contributed by atoms with Crippen LogP contribution in [0.15, 0.2) is 22.8 Å². The van der Waals surface area contributed by atoms with Gasteiger partial charge in [-0.15, -0.1) is 0 Å². The normalized spacial score (nSPS) is 10.8. The zero-order chi connectivity index (χ0) is 10.8. The molecule has 15 heavy (non-hydrogen) atoms. The number of aldehydes is 1. The van der Waals surface area contributed by atoms with Crippen molar-refractivity contribution in [3.05, 3.63) is 34.3 Å². The lowest BCUT2D eigenvalue weighted by Gasteiger charge is -2.02. The van der Waals surface area contributed by atoms with Gasteiger partial charge in [0.05, 0.1) is 16.7 Å². The maximum Gasteiger partial charge on any atom is 0.170 e. The molecular formula is C10H10BrN3O. The van der Waals surface area contributed by atoms with Crippen LogP contribution in [0.2, 0.25) is 0 Å². The van der Waals surface area contributed by atoms with Crippen LogP contribution in [0.1, 0.15) is 16.3 Å². The van der Waals surface area contributed by atoms with Crippen LogP contribution in [0.4, 0.5) is 0 Å². The molecule has 2 heterocycles. The lowest BCUT2D eigenvalue weighted by molar-refractivity contribution is 0.112. The third kappa shape index (κ3) is 1.68. The van der Waals surface area contributed by atoms with Crippen molar-refractivity contribution in [3.8, 4) is 0 Å². The summed E-state index contributed by atoms with van der Waals surface area (Å²) in [4.78, 5) is 15.1. The van der Waals surface area contributed by atoms with E-state index < -0.39 is 0 Å². The van der Waals surface area contributed by atoms with Gasteiger partial charge in [-0.3, -0.25) is 9.20 Å². The summed E-state index contributed by atoms with van der Waals surface area (Å²) in [6.45, 7) is 0.623. The minimum Gasteiger partial charge on any atom is -0.313 e. The summed E-state index contributed by atoms with van der Waals surface area (Å²) < 4.78 is 2.81. The van der Waals surface area contributed by atoms with E-state index in [0.717, 1.165) is 22.2 Å². The standard InChI is InChI=1S/C10H10BrN3O/c1-12-5-10-13-7(6-15)8-3-2-4-9(11)14(8)10/h2-4,6,12H,5H2,1H3. The molecule has 0 amide bonds. The topological polar surface area (TPSA) is 46.4 Å². The lowest BCUT2D eigenvalue weighted by atomic mass is 10.3. The number of nitrogens with one attached hydrogen (secondary N) is 1. The Balaban J connectivity index is 2.75. The Kier molecular flexibility index (Phi) is 2.83. The Morgan fingerprint density at radius 3 is 3.07 bits per heavy atom. The zero-order valence-electron chi connectivity index (χ0n) is 8.20. The number of hydrogen-bond acceptors (Lipinski definition) is 3. The van der Waals surface area contributed by atoms with Gasteiger partial charge in [-0.2, -0.15) is 0 Å². The quantitative estimate of drug-likeness (QED) is 0.679. The SMILES string of the molecule is CNCc1nc(C=O)c2cccc(Br)n12. The molecule has 0 aliphatic rings. The summed E-state index contributed by atoms with van der Waals surface area (Å²) in [7, 11) is 1.85. The largest absolute Gasteiger partial charge is 0.313 e. The summed E-state index contributed by atoms with van der Waals surface area (Å²) in [5.41, 5.74) is 1.30. The molecule has 2 rings (SSSR count). The fraction of sp³-hybridized carbons (Fsp3) is 0.200. The number of hydrogen-bond donors (Lipinski definition) is 1. The van der Waals surface area contributed by atoms with Gasteiger partial charge in [0.2, 0.25) is 0 Å². The van der Waals surface area contributed by atoms with Gasteiger partial charge in [0.15, 0.2) is 6.29 Å². The van der Waals surface area contributed by atoms with Crippen LogP contribution in [0.25, 0.3) is 5.52 Å². The number of halogens is 1. The van der Waals surface area contributed by atoms with Crippen LogP contribution < -0.4 is 5.32 Å². The van der Waals surface area contributed by atoms with Crippen LogP contribution in [0, 0.1) is 0 Å². The number of aromatic nitrogens is 2. The first-order valence-corrected chi connectivity index (χ1v) is 5.33. The number of rotatable bonds is 3. The maximum absolute atomic E-state index is 10.8. The number of carbonyl (C=O) groups is 1. The molecular weight excluding hydrogens is 258 g/mol. The summed E-state index contributed by atoms with van der Waals surface area (Å²) in [5.74, 6) is 0.821. The number of imidazole rings is 1. The van der Waals surface area contributed by atoms with E-state index in [9.17, 15) is 4.79 Å². The second-order valence-electron chi connectivity index (χ2n) is 3.13. The molecule has 0 bridgehead atoms. The first-order chi connectivity index (χ1) is 7.27. The molecule has 2 aromatic rings. The van der Waals surface area contributed by atoms with Gasteiger partial charge in [0.25, 0.3) is 0 Å². The van der Waals surface area contributed by atoms with Crippen LogP contribution in [0.5, 0.6) is 0 Å². The van der Waals surface area contributed by atoms with Gasteiger partial charge in [-0.25, -0.2) is 4.98 Å². The third-order valence-corrected chi connectivity index (χ3v) is 2.78. The average Bonchev–Trinajstić information content (AvgIpc) is 2.59. The molecule has 0 atom stereocenters. The zero-order valence-corrected chi connectivity index (χ0v) is 9.78. The van der Waals surface area contributed by atoms with E-state index in [4.69, 9.17) is 0 Å². The third-order valence-electron chi connectivity index (χ3n) is 2.16. The van der Waals surface area contributed by atoms with Crippen molar-refractivity contribution in [1.29, 1.82) is 0 Å². The van der Waals surface area contributed by atoms with E-state index in [2.05, 4.69) is 26.2 Å². The van der Waals surface area contributed by atoms with Crippen molar-refractivity contribution in [3.63, 3.8) is 0 Å². The molecule has 0 saturated carbocycles. The van der Waals surface area contributed by atoms with Crippen LogP contribution in [-0.4, -0.2) is 22.7 Å². The van der Waals surface area contributed by atoms with Crippen molar-refractivity contribution in [2.45, 2.75) is 6.54 Å². The van der Waals surface area contributed by atoms with Gasteiger partial charge in [0.1, 0.15) is 11.5 Å². The number of carbonyl (C=O) groups excluding carboxylic acids is 1. The van der Waals surface area contributed by atoms with E-state index in [-0.39, 0.29) is 0 Å². The van der Waals surface area contributed by atoms with Gasteiger partial charge < -0.3 is 5.32 Å². The Bertz CT molecular complexity index is 507. The fourth-order valence-electron chi connectivity index (χ4n) is 1.55. The second-order valence-corrected chi connectivity index (χ2v) is 3.94. The van der Waals surface area contributed by atoms with E-state index in [1.165, 1.54) is 0 Å². The Labute approximate surface area is 95.4 Å². The van der Waals surface area contributed by atoms with Crippen molar-refractivity contribution in [2.75, 3.05) is 7.05 Å². The van der Waals surface area contributed by atoms with E-state index >= 15 is 0 Å². The van der Waals surface area contributed by atoms with Crippen molar-refractivity contribution in [2.24, 2.45) is 0 Å². The monoisotopic (exact) mass is 267 g/mol. The molecule has 0 aromatic carbocycles. The first-order valence-electron chi connectivity index (χ1n) is 4.53. The lowest BCUT2D eigenvalue weighted by Crippen LogP contribution is -2.09. The van der Waals surface area contributed by atoms with Crippen molar-refractivity contribution in [1.82, 2.24) is 14.7 Å². The van der Waals surface area contributed by atoms with Crippen LogP contribution in [0.3, 0.4) is 0 Å². The number of nitrogens with zero attached hydrogens (tertiary/aromatic N) is 2. The van der Waals surface area contributed by atoms with Crippen LogP contribution >= 0.6 is 15.9 Å². The molecule has 78 valence electrons. The summed E-state index contributed by atoms with van der Waals surface area (Å²) in [6.07, 6.45) is 0.779.